The third-order valence-electron chi connectivity index (χ3n) is 2.23. The van der Waals surface area contributed by atoms with Crippen LogP contribution >= 0.6 is 0 Å². The Kier molecular flexibility index (Phi) is 3.06. The zero-order valence-electron chi connectivity index (χ0n) is 9.11. The fourth-order valence-corrected chi connectivity index (χ4v) is 1.33. The van der Waals surface area contributed by atoms with E-state index in [1.165, 1.54) is 0 Å². The zero-order valence-corrected chi connectivity index (χ0v) is 9.11. The van der Waals surface area contributed by atoms with Gasteiger partial charge in [-0.3, -0.25) is 0 Å². The molecule has 0 unspecified atom stereocenters. The second kappa shape index (κ2) is 4.67. The molecule has 0 atom stereocenters. The van der Waals surface area contributed by atoms with Gasteiger partial charge in [0.1, 0.15) is 0 Å². The maximum Gasteiger partial charge on any atom is 0.169 e. The van der Waals surface area contributed by atoms with Crippen LogP contribution in [-0.4, -0.2) is 4.98 Å². The monoisotopic (exact) mass is 246 g/mol. The summed E-state index contributed by atoms with van der Waals surface area (Å²) in [6, 6.07) is 8.91. The van der Waals surface area contributed by atoms with Crippen molar-refractivity contribution in [3.63, 3.8) is 0 Å². The van der Waals surface area contributed by atoms with Gasteiger partial charge in [-0.1, -0.05) is 0 Å². The first-order chi connectivity index (χ1) is 8.60. The predicted molar refractivity (Wildman–Crippen MR) is 63.0 cm³/mol. The molecule has 0 radical (unpaired) electrons. The van der Waals surface area contributed by atoms with Crippen molar-refractivity contribution in [2.45, 2.75) is 0 Å². The Morgan fingerprint density at radius 1 is 1.17 bits per heavy atom. The van der Waals surface area contributed by atoms with Crippen molar-refractivity contribution in [1.29, 1.82) is 5.26 Å². The van der Waals surface area contributed by atoms with E-state index >= 15 is 0 Å². The molecule has 0 saturated carbocycles. The molecule has 4 nitrogen and oxygen atoms in total. The molecule has 18 heavy (non-hydrogen) atoms. The van der Waals surface area contributed by atoms with Gasteiger partial charge in [0.15, 0.2) is 23.3 Å². The largest absolute Gasteiger partial charge is 0.381 e. The van der Waals surface area contributed by atoms with Crippen LogP contribution in [0.5, 0.6) is 0 Å². The number of anilines is 3. The van der Waals surface area contributed by atoms with Crippen molar-refractivity contribution in [3.05, 3.63) is 47.5 Å². The smallest absolute Gasteiger partial charge is 0.169 e. The Labute approximate surface area is 102 Å². The van der Waals surface area contributed by atoms with Gasteiger partial charge in [-0.05, 0) is 24.3 Å². The molecule has 2 aromatic rings. The molecule has 0 aliphatic carbocycles. The van der Waals surface area contributed by atoms with Gasteiger partial charge in [0.05, 0.1) is 11.6 Å². The number of nitrogens with one attached hydrogen (secondary N) is 1. The highest BCUT2D eigenvalue weighted by Gasteiger charge is 2.09. The van der Waals surface area contributed by atoms with E-state index < -0.39 is 11.6 Å². The zero-order chi connectivity index (χ0) is 13.1. The first-order valence-electron chi connectivity index (χ1n) is 4.99. The van der Waals surface area contributed by atoms with Crippen LogP contribution in [0.1, 0.15) is 5.56 Å². The number of halogens is 2. The molecule has 6 heteroatoms. The number of hydrogen-bond acceptors (Lipinski definition) is 4. The van der Waals surface area contributed by atoms with Gasteiger partial charge in [0.2, 0.25) is 0 Å². The van der Waals surface area contributed by atoms with Crippen LogP contribution < -0.4 is 11.1 Å². The van der Waals surface area contributed by atoms with Gasteiger partial charge in [0, 0.05) is 11.8 Å². The summed E-state index contributed by atoms with van der Waals surface area (Å²) in [4.78, 5) is 3.56. The Hall–Kier alpha value is -2.68. The lowest BCUT2D eigenvalue weighted by Crippen LogP contribution is -2.03. The van der Waals surface area contributed by atoms with E-state index in [0.717, 1.165) is 0 Å². The van der Waals surface area contributed by atoms with Gasteiger partial charge >= 0.3 is 0 Å². The topological polar surface area (TPSA) is 74.7 Å². The number of hydrogen-bond donors (Lipinski definition) is 2. The van der Waals surface area contributed by atoms with E-state index in [1.54, 1.807) is 24.3 Å². The van der Waals surface area contributed by atoms with Crippen LogP contribution in [0.4, 0.5) is 26.1 Å². The Bertz CT molecular complexity index is 617. The quantitative estimate of drug-likeness (QED) is 0.853. The van der Waals surface area contributed by atoms with E-state index in [1.807, 2.05) is 6.07 Å². The molecule has 0 aliphatic rings. The molecule has 3 N–H and O–H groups in total. The van der Waals surface area contributed by atoms with Crippen LogP contribution in [0, 0.1) is 23.0 Å². The van der Waals surface area contributed by atoms with Gasteiger partial charge in [-0.15, -0.1) is 0 Å². The summed E-state index contributed by atoms with van der Waals surface area (Å²) in [6.45, 7) is 0. The molecule has 0 spiro atoms. The summed E-state index contributed by atoms with van der Waals surface area (Å²) >= 11 is 0. The second-order valence-corrected chi connectivity index (χ2v) is 3.50. The molecule has 1 aromatic carbocycles. The minimum atomic E-state index is -0.905. The fraction of sp³-hybridized carbons (Fsp3) is 0. The lowest BCUT2D eigenvalue weighted by molar-refractivity contribution is 0.581. The number of pyridine rings is 1. The highest BCUT2D eigenvalue weighted by Crippen LogP contribution is 2.21. The molecule has 1 aromatic heterocycles. The molecule has 0 aliphatic heterocycles. The first kappa shape index (κ1) is 11.8. The van der Waals surface area contributed by atoms with Gasteiger partial charge in [0.25, 0.3) is 0 Å². The summed E-state index contributed by atoms with van der Waals surface area (Å²) in [5, 5.41) is 11.3. The molecule has 0 fully saturated rings. The number of nitrogens with zero attached hydrogens (tertiary/aromatic N) is 2. The van der Waals surface area contributed by atoms with Crippen molar-refractivity contribution < 1.29 is 8.78 Å². The van der Waals surface area contributed by atoms with Gasteiger partial charge in [-0.2, -0.15) is 5.26 Å². The first-order valence-corrected chi connectivity index (χ1v) is 4.99. The molecule has 0 bridgehead atoms. The van der Waals surface area contributed by atoms with Crippen LogP contribution in [0.3, 0.4) is 0 Å². The maximum absolute atomic E-state index is 13.4. The Morgan fingerprint density at radius 2 is 1.83 bits per heavy atom. The second-order valence-electron chi connectivity index (χ2n) is 3.50. The number of benzene rings is 1. The minimum Gasteiger partial charge on any atom is -0.381 e. The third kappa shape index (κ3) is 2.35. The third-order valence-corrected chi connectivity index (χ3v) is 2.23. The lowest BCUT2D eigenvalue weighted by Gasteiger charge is -2.07. The molecule has 1 heterocycles. The van der Waals surface area contributed by atoms with Crippen molar-refractivity contribution in [2.24, 2.45) is 0 Å². The van der Waals surface area contributed by atoms with Crippen molar-refractivity contribution in [2.75, 3.05) is 11.1 Å². The predicted octanol–water partition coefficient (Wildman–Crippen LogP) is 2.56. The van der Waals surface area contributed by atoms with E-state index in [2.05, 4.69) is 10.3 Å². The average Bonchev–Trinajstić information content (AvgIpc) is 2.37. The fourth-order valence-electron chi connectivity index (χ4n) is 1.33. The molecule has 0 saturated heterocycles. The highest BCUT2D eigenvalue weighted by atomic mass is 19.1. The standard InChI is InChI=1S/C12H8F2N4/c13-9-5-10(14)12(18-11(9)16)17-8-3-1-7(6-15)2-4-8/h1-5H,(H3,16,17,18). The van der Waals surface area contributed by atoms with Crippen LogP contribution in [0.25, 0.3) is 0 Å². The lowest BCUT2D eigenvalue weighted by atomic mass is 10.2. The van der Waals surface area contributed by atoms with Gasteiger partial charge < -0.3 is 11.1 Å². The van der Waals surface area contributed by atoms with Crippen molar-refractivity contribution in [1.82, 2.24) is 4.98 Å². The van der Waals surface area contributed by atoms with Gasteiger partial charge in [-0.25, -0.2) is 13.8 Å². The van der Waals surface area contributed by atoms with E-state index in [9.17, 15) is 8.78 Å². The number of aromatic nitrogens is 1. The number of nitrogen functional groups attached to an aromatic ring is 1. The van der Waals surface area contributed by atoms with E-state index in [4.69, 9.17) is 11.0 Å². The molecule has 90 valence electrons. The van der Waals surface area contributed by atoms with Crippen LogP contribution in [0.2, 0.25) is 0 Å². The van der Waals surface area contributed by atoms with Crippen molar-refractivity contribution in [3.8, 4) is 6.07 Å². The molecular formula is C12H8F2N4. The molecule has 0 amide bonds. The summed E-state index contributed by atoms with van der Waals surface area (Å²) in [7, 11) is 0. The van der Waals surface area contributed by atoms with Crippen LogP contribution in [-0.2, 0) is 0 Å². The number of nitriles is 1. The summed E-state index contributed by atoms with van der Waals surface area (Å²) < 4.78 is 26.3. The molecular weight excluding hydrogens is 238 g/mol. The van der Waals surface area contributed by atoms with E-state index in [0.29, 0.717) is 17.3 Å². The average molecular weight is 246 g/mol. The number of rotatable bonds is 2. The highest BCUT2D eigenvalue weighted by molar-refractivity contribution is 5.59. The minimum absolute atomic E-state index is 0.168. The summed E-state index contributed by atoms with van der Waals surface area (Å²) in [6.07, 6.45) is 0. The maximum atomic E-state index is 13.4. The summed E-state index contributed by atoms with van der Waals surface area (Å²) in [5.74, 6) is -2.30. The normalized spacial score (nSPS) is 9.83. The Balaban J connectivity index is 2.28. The summed E-state index contributed by atoms with van der Waals surface area (Å²) in [5.41, 5.74) is 6.25. The number of nitrogens with two attached hydrogens (primary N) is 1. The van der Waals surface area contributed by atoms with E-state index in [-0.39, 0.29) is 11.6 Å². The Morgan fingerprint density at radius 3 is 2.44 bits per heavy atom. The van der Waals surface area contributed by atoms with Crippen LogP contribution in [0.15, 0.2) is 30.3 Å². The van der Waals surface area contributed by atoms with Crippen molar-refractivity contribution >= 4 is 17.3 Å². The molecule has 2 rings (SSSR count). The SMILES string of the molecule is N#Cc1ccc(Nc2nc(N)c(F)cc2F)cc1.